The van der Waals surface area contributed by atoms with E-state index >= 15 is 0 Å². The first kappa shape index (κ1) is 28.6. The first-order chi connectivity index (χ1) is 19.2. The van der Waals surface area contributed by atoms with E-state index in [1.165, 1.54) is 5.56 Å². The van der Waals surface area contributed by atoms with Gasteiger partial charge in [-0.1, -0.05) is 80.6 Å². The zero-order valence-electron chi connectivity index (χ0n) is 23.9. The minimum absolute atomic E-state index is 0.170. The van der Waals surface area contributed by atoms with Crippen LogP contribution in [-0.4, -0.2) is 35.2 Å². The van der Waals surface area contributed by atoms with Crippen molar-refractivity contribution in [3.63, 3.8) is 0 Å². The Morgan fingerprint density at radius 1 is 0.925 bits per heavy atom. The average molecular weight is 539 g/mol. The molecule has 1 aromatic heterocycles. The number of rotatable bonds is 11. The van der Waals surface area contributed by atoms with Gasteiger partial charge in [0.05, 0.1) is 6.21 Å². The number of ether oxygens (including phenoxy) is 1. The van der Waals surface area contributed by atoms with Crippen molar-refractivity contribution < 1.29 is 14.3 Å². The fourth-order valence-electron chi connectivity index (χ4n) is 4.93. The Bertz CT molecular complexity index is 1480. The van der Waals surface area contributed by atoms with E-state index in [4.69, 9.17) is 4.74 Å². The lowest BCUT2D eigenvalue weighted by molar-refractivity contribution is -0.130. The Morgan fingerprint density at radius 3 is 2.30 bits per heavy atom. The van der Waals surface area contributed by atoms with Crippen LogP contribution in [0.2, 0.25) is 0 Å². The predicted molar refractivity (Wildman–Crippen MR) is 161 cm³/mol. The summed E-state index contributed by atoms with van der Waals surface area (Å²) < 4.78 is 8.03. The van der Waals surface area contributed by atoms with Gasteiger partial charge in [-0.2, -0.15) is 5.10 Å². The minimum Gasteiger partial charge on any atom is -0.483 e. The number of para-hydroxylation sites is 2. The molecule has 0 saturated carbocycles. The Labute approximate surface area is 236 Å². The number of fused-ring (bicyclic) bond motifs is 1. The summed E-state index contributed by atoms with van der Waals surface area (Å²) in [4.78, 5) is 25.8. The second kappa shape index (κ2) is 13.1. The summed E-state index contributed by atoms with van der Waals surface area (Å²) in [6.07, 6.45) is 2.17. The van der Waals surface area contributed by atoms with Crippen LogP contribution < -0.4 is 15.5 Å². The fourth-order valence-corrected chi connectivity index (χ4v) is 4.93. The van der Waals surface area contributed by atoms with Gasteiger partial charge in [0.2, 0.25) is 0 Å². The normalized spacial score (nSPS) is 12.2. The third-order valence-electron chi connectivity index (χ3n) is 6.95. The van der Waals surface area contributed by atoms with Gasteiger partial charge >= 0.3 is 0 Å². The highest BCUT2D eigenvalue weighted by Crippen LogP contribution is 2.26. The highest BCUT2D eigenvalue weighted by molar-refractivity contribution is 6.01. The number of aryl methyl sites for hydroxylation is 2. The van der Waals surface area contributed by atoms with Gasteiger partial charge in [0, 0.05) is 28.7 Å². The van der Waals surface area contributed by atoms with Gasteiger partial charge in [0.1, 0.15) is 11.8 Å². The molecule has 3 aromatic carbocycles. The highest BCUT2D eigenvalue weighted by atomic mass is 16.5. The van der Waals surface area contributed by atoms with Crippen molar-refractivity contribution in [2.24, 2.45) is 11.0 Å². The van der Waals surface area contributed by atoms with Gasteiger partial charge < -0.3 is 14.6 Å². The molecule has 208 valence electrons. The first-order valence-corrected chi connectivity index (χ1v) is 13.7. The molecule has 4 aromatic rings. The number of carbonyl (C=O) groups excluding carboxylic acids is 2. The van der Waals surface area contributed by atoms with Crippen LogP contribution in [0.25, 0.3) is 10.9 Å². The smallest absolute Gasteiger partial charge is 0.262 e. The molecule has 0 saturated heterocycles. The summed E-state index contributed by atoms with van der Waals surface area (Å²) in [7, 11) is 0. The van der Waals surface area contributed by atoms with E-state index in [0.29, 0.717) is 12.2 Å². The molecule has 0 spiro atoms. The summed E-state index contributed by atoms with van der Waals surface area (Å²) >= 11 is 0. The van der Waals surface area contributed by atoms with E-state index < -0.39 is 6.04 Å². The lowest BCUT2D eigenvalue weighted by Gasteiger charge is -2.19. The minimum atomic E-state index is -0.730. The summed E-state index contributed by atoms with van der Waals surface area (Å²) in [5, 5.41) is 8.19. The van der Waals surface area contributed by atoms with Crippen molar-refractivity contribution in [1.82, 2.24) is 15.3 Å². The molecule has 1 heterocycles. The van der Waals surface area contributed by atoms with Crippen molar-refractivity contribution in [1.29, 1.82) is 0 Å². The van der Waals surface area contributed by atoms with Crippen molar-refractivity contribution in [3.8, 4) is 5.75 Å². The van der Waals surface area contributed by atoms with Gasteiger partial charge in [-0.25, -0.2) is 5.43 Å². The largest absolute Gasteiger partial charge is 0.483 e. The van der Waals surface area contributed by atoms with Gasteiger partial charge in [0.15, 0.2) is 6.61 Å². The van der Waals surface area contributed by atoms with Crippen LogP contribution >= 0.6 is 0 Å². The first-order valence-electron chi connectivity index (χ1n) is 13.7. The predicted octanol–water partition coefficient (Wildman–Crippen LogP) is 5.67. The monoisotopic (exact) mass is 538 g/mol. The van der Waals surface area contributed by atoms with Crippen LogP contribution in [0.15, 0.2) is 77.9 Å². The number of carbonyl (C=O) groups is 2. The highest BCUT2D eigenvalue weighted by Gasteiger charge is 2.22. The Kier molecular flexibility index (Phi) is 9.38. The molecule has 40 heavy (non-hydrogen) atoms. The van der Waals surface area contributed by atoms with Crippen LogP contribution in [0.1, 0.15) is 48.2 Å². The summed E-state index contributed by atoms with van der Waals surface area (Å²) in [5.74, 6) is 0.162. The van der Waals surface area contributed by atoms with E-state index in [1.54, 1.807) is 6.21 Å². The molecule has 7 nitrogen and oxygen atoms in total. The summed E-state index contributed by atoms with van der Waals surface area (Å²) in [5.41, 5.74) is 8.87. The van der Waals surface area contributed by atoms with Crippen LogP contribution in [0.3, 0.4) is 0 Å². The zero-order chi connectivity index (χ0) is 28.6. The van der Waals surface area contributed by atoms with Gasteiger partial charge in [-0.15, -0.1) is 0 Å². The molecule has 0 unspecified atom stereocenters. The molecule has 0 aliphatic heterocycles. The quantitative estimate of drug-likeness (QED) is 0.190. The molecule has 2 N–H and O–H groups in total. The lowest BCUT2D eigenvalue weighted by atomic mass is 10.0. The number of amides is 2. The number of nitrogens with zero attached hydrogens (tertiary/aromatic N) is 2. The molecular weight excluding hydrogens is 500 g/mol. The number of hydrazone groups is 1. The second-order valence-corrected chi connectivity index (χ2v) is 10.6. The number of nitrogens with one attached hydrogen (secondary N) is 2. The van der Waals surface area contributed by atoms with Gasteiger partial charge in [0.25, 0.3) is 11.8 Å². The Morgan fingerprint density at radius 2 is 1.60 bits per heavy atom. The third-order valence-corrected chi connectivity index (χ3v) is 6.95. The Balaban J connectivity index is 1.45. The number of hydrogen-bond acceptors (Lipinski definition) is 4. The molecule has 4 rings (SSSR count). The second-order valence-electron chi connectivity index (χ2n) is 10.6. The van der Waals surface area contributed by atoms with Crippen molar-refractivity contribution in [2.75, 3.05) is 6.61 Å². The SMILES string of the molecule is Cc1cccc(C)c1OCC(=O)N[C@@H](CC(C)C)C(=O)N/N=C\c1c(C)n(Cc2ccccc2)c2ccccc12. The molecule has 1 atom stereocenters. The molecule has 0 fully saturated rings. The average Bonchev–Trinajstić information content (AvgIpc) is 3.19. The van der Waals surface area contributed by atoms with Crippen molar-refractivity contribution >= 4 is 28.9 Å². The summed E-state index contributed by atoms with van der Waals surface area (Å²) in [6, 6.07) is 23.6. The molecule has 0 aliphatic rings. The number of aromatic nitrogens is 1. The summed E-state index contributed by atoms with van der Waals surface area (Å²) in [6.45, 7) is 10.5. The molecule has 0 aliphatic carbocycles. The zero-order valence-corrected chi connectivity index (χ0v) is 23.9. The topological polar surface area (TPSA) is 84.7 Å². The van der Waals surface area contributed by atoms with Gasteiger partial charge in [-0.3, -0.25) is 9.59 Å². The van der Waals surface area contributed by atoms with E-state index in [-0.39, 0.29) is 24.3 Å². The molecule has 0 bridgehead atoms. The van der Waals surface area contributed by atoms with Crippen molar-refractivity contribution in [3.05, 3.63) is 101 Å². The van der Waals surface area contributed by atoms with E-state index in [9.17, 15) is 9.59 Å². The van der Waals surface area contributed by atoms with Crippen LogP contribution in [0, 0.1) is 26.7 Å². The maximum absolute atomic E-state index is 13.1. The van der Waals surface area contributed by atoms with Crippen LogP contribution in [0.4, 0.5) is 0 Å². The van der Waals surface area contributed by atoms with E-state index in [1.807, 2.05) is 76.2 Å². The standard InChI is InChI=1S/C33H38N4O3/c1-22(2)18-29(35-31(38)21-40-32-23(3)12-11-13-24(32)4)33(39)36-34-19-28-25(5)37(20-26-14-7-6-8-15-26)30-17-10-9-16-27(28)30/h6-17,19,22,29H,18,20-21H2,1-5H3,(H,35,38)(H,36,39)/b34-19-/t29-/m0/s1. The molecular formula is C33H38N4O3. The fraction of sp³-hybridized carbons (Fsp3) is 0.303. The molecule has 0 radical (unpaired) electrons. The van der Waals surface area contributed by atoms with Gasteiger partial charge in [-0.05, 0) is 55.9 Å². The lowest BCUT2D eigenvalue weighted by Crippen LogP contribution is -2.47. The van der Waals surface area contributed by atoms with Crippen molar-refractivity contribution in [2.45, 2.75) is 53.6 Å². The number of benzene rings is 3. The maximum atomic E-state index is 13.1. The third kappa shape index (κ3) is 6.97. The molecule has 7 heteroatoms. The van der Waals surface area contributed by atoms with E-state index in [0.717, 1.165) is 39.8 Å². The van der Waals surface area contributed by atoms with Crippen LogP contribution in [0.5, 0.6) is 5.75 Å². The molecule has 2 amide bonds. The number of hydrogen-bond donors (Lipinski definition) is 2. The van der Waals surface area contributed by atoms with E-state index in [2.05, 4.69) is 51.6 Å². The maximum Gasteiger partial charge on any atom is 0.262 e. The van der Waals surface area contributed by atoms with Crippen LogP contribution in [-0.2, 0) is 16.1 Å². The Hall–Kier alpha value is -4.39.